The van der Waals surface area contributed by atoms with Gasteiger partial charge in [-0.25, -0.2) is 4.68 Å². The van der Waals surface area contributed by atoms with Crippen molar-refractivity contribution in [1.82, 2.24) is 14.7 Å². The molecule has 1 fully saturated rings. The van der Waals surface area contributed by atoms with Crippen LogP contribution in [-0.2, 0) is 6.42 Å². The SMILES string of the molecule is O=c1c2ccccc2c(Cc2ccc(Cl)cc2)nn1C1CCN(CCCO)CC1. The van der Waals surface area contributed by atoms with E-state index in [1.165, 1.54) is 0 Å². The third-order valence-corrected chi connectivity index (χ3v) is 5.98. The highest BCUT2D eigenvalue weighted by molar-refractivity contribution is 6.30. The van der Waals surface area contributed by atoms with Crippen molar-refractivity contribution >= 4 is 22.4 Å². The smallest absolute Gasteiger partial charge is 0.274 e. The van der Waals surface area contributed by atoms with Gasteiger partial charge in [-0.3, -0.25) is 4.79 Å². The average Bonchev–Trinajstić information content (AvgIpc) is 2.76. The van der Waals surface area contributed by atoms with Gasteiger partial charge >= 0.3 is 0 Å². The monoisotopic (exact) mass is 411 g/mol. The van der Waals surface area contributed by atoms with E-state index in [2.05, 4.69) is 4.90 Å². The van der Waals surface area contributed by atoms with Crippen LogP contribution >= 0.6 is 11.6 Å². The maximum atomic E-state index is 13.2. The number of fused-ring (bicyclic) bond motifs is 1. The van der Waals surface area contributed by atoms with Crippen LogP contribution in [0.3, 0.4) is 0 Å². The first-order valence-electron chi connectivity index (χ1n) is 10.2. The summed E-state index contributed by atoms with van der Waals surface area (Å²) in [5, 5.41) is 16.2. The predicted molar refractivity (Wildman–Crippen MR) is 117 cm³/mol. The molecule has 0 saturated carbocycles. The molecule has 152 valence electrons. The molecule has 6 heteroatoms. The van der Waals surface area contributed by atoms with Crippen molar-refractivity contribution in [3.8, 4) is 0 Å². The van der Waals surface area contributed by atoms with Gasteiger partial charge in [-0.1, -0.05) is 41.9 Å². The second-order valence-electron chi connectivity index (χ2n) is 7.70. The zero-order valence-electron chi connectivity index (χ0n) is 16.4. The molecule has 4 rings (SSSR count). The van der Waals surface area contributed by atoms with Gasteiger partial charge in [-0.05, 0) is 43.0 Å². The molecule has 1 aliphatic rings. The fraction of sp³-hybridized carbons (Fsp3) is 0.391. The summed E-state index contributed by atoms with van der Waals surface area (Å²) in [7, 11) is 0. The number of aliphatic hydroxyl groups is 1. The van der Waals surface area contributed by atoms with Crippen LogP contribution in [0.4, 0.5) is 0 Å². The Morgan fingerprint density at radius 2 is 1.72 bits per heavy atom. The summed E-state index contributed by atoms with van der Waals surface area (Å²) in [6.45, 7) is 2.99. The molecule has 0 unspecified atom stereocenters. The van der Waals surface area contributed by atoms with E-state index >= 15 is 0 Å². The van der Waals surface area contributed by atoms with Crippen LogP contribution in [0.25, 0.3) is 10.8 Å². The van der Waals surface area contributed by atoms with Gasteiger partial charge in [0.1, 0.15) is 0 Å². The van der Waals surface area contributed by atoms with Crippen molar-refractivity contribution in [1.29, 1.82) is 0 Å². The minimum absolute atomic E-state index is 0.00531. The standard InChI is InChI=1S/C23H26ClN3O2/c24-18-8-6-17(7-9-18)16-22-20-4-1-2-5-21(20)23(29)27(25-22)19-10-13-26(14-11-19)12-3-15-28/h1-2,4-9,19,28H,3,10-16H2. The number of nitrogens with zero attached hydrogens (tertiary/aromatic N) is 3. The minimum Gasteiger partial charge on any atom is -0.396 e. The first-order chi connectivity index (χ1) is 14.2. The molecule has 2 aromatic carbocycles. The summed E-state index contributed by atoms with van der Waals surface area (Å²) >= 11 is 6.02. The third kappa shape index (κ3) is 4.53. The van der Waals surface area contributed by atoms with Crippen molar-refractivity contribution in [2.24, 2.45) is 0 Å². The molecule has 29 heavy (non-hydrogen) atoms. The largest absolute Gasteiger partial charge is 0.396 e. The number of halogens is 1. The molecule has 0 aliphatic carbocycles. The molecule has 5 nitrogen and oxygen atoms in total. The zero-order chi connectivity index (χ0) is 20.2. The van der Waals surface area contributed by atoms with E-state index in [1.54, 1.807) is 4.68 Å². The first kappa shape index (κ1) is 20.1. The zero-order valence-corrected chi connectivity index (χ0v) is 17.2. The summed E-state index contributed by atoms with van der Waals surface area (Å²) in [5.41, 5.74) is 2.04. The number of rotatable bonds is 6. The number of benzene rings is 2. The molecule has 0 atom stereocenters. The minimum atomic E-state index is -0.00531. The Morgan fingerprint density at radius 3 is 2.41 bits per heavy atom. The van der Waals surface area contributed by atoms with Gasteiger partial charge in [0.05, 0.1) is 17.1 Å². The van der Waals surface area contributed by atoms with Crippen molar-refractivity contribution in [3.63, 3.8) is 0 Å². The Kier molecular flexibility index (Phi) is 6.28. The summed E-state index contributed by atoms with van der Waals surface area (Å²) in [4.78, 5) is 15.5. The fourth-order valence-corrected chi connectivity index (χ4v) is 4.26. The van der Waals surface area contributed by atoms with Gasteiger partial charge < -0.3 is 10.0 Å². The Bertz CT molecular complexity index is 1020. The quantitative estimate of drug-likeness (QED) is 0.672. The molecule has 1 aliphatic heterocycles. The van der Waals surface area contributed by atoms with E-state index in [0.717, 1.165) is 60.9 Å². The second-order valence-corrected chi connectivity index (χ2v) is 8.13. The molecule has 0 spiro atoms. The molecule has 1 N–H and O–H groups in total. The topological polar surface area (TPSA) is 58.4 Å². The molecule has 0 bridgehead atoms. The first-order valence-corrected chi connectivity index (χ1v) is 10.6. The summed E-state index contributed by atoms with van der Waals surface area (Å²) < 4.78 is 1.72. The molecule has 0 amide bonds. The third-order valence-electron chi connectivity index (χ3n) is 5.73. The van der Waals surface area contributed by atoms with Crippen LogP contribution in [0.5, 0.6) is 0 Å². The molecule has 3 aromatic rings. The van der Waals surface area contributed by atoms with E-state index in [9.17, 15) is 4.79 Å². The van der Waals surface area contributed by atoms with E-state index in [1.807, 2.05) is 48.5 Å². The number of likely N-dealkylation sites (tertiary alicyclic amines) is 1. The highest BCUT2D eigenvalue weighted by atomic mass is 35.5. The van der Waals surface area contributed by atoms with Crippen LogP contribution < -0.4 is 5.56 Å². The van der Waals surface area contributed by atoms with E-state index in [4.69, 9.17) is 21.8 Å². The van der Waals surface area contributed by atoms with Crippen LogP contribution in [0, 0.1) is 0 Å². The van der Waals surface area contributed by atoms with Crippen molar-refractivity contribution < 1.29 is 5.11 Å². The average molecular weight is 412 g/mol. The van der Waals surface area contributed by atoms with Crippen LogP contribution in [0.15, 0.2) is 53.3 Å². The Balaban J connectivity index is 1.65. The lowest BCUT2D eigenvalue weighted by atomic mass is 10.0. The Labute approximate surface area is 175 Å². The second kappa shape index (κ2) is 9.08. The number of aliphatic hydroxyl groups excluding tert-OH is 1. The predicted octanol–water partition coefficient (Wildman–Crippen LogP) is 3.66. The molecular weight excluding hydrogens is 386 g/mol. The van der Waals surface area contributed by atoms with Crippen LogP contribution in [-0.4, -0.2) is 46.0 Å². The molecule has 0 radical (unpaired) electrons. The number of piperidine rings is 1. The van der Waals surface area contributed by atoms with Crippen molar-refractivity contribution in [2.75, 3.05) is 26.2 Å². The van der Waals surface area contributed by atoms with E-state index < -0.39 is 0 Å². The Morgan fingerprint density at radius 1 is 1.03 bits per heavy atom. The Hall–Kier alpha value is -2.21. The van der Waals surface area contributed by atoms with E-state index in [0.29, 0.717) is 11.4 Å². The van der Waals surface area contributed by atoms with Crippen molar-refractivity contribution in [3.05, 3.63) is 75.2 Å². The summed E-state index contributed by atoms with van der Waals surface area (Å²) in [6.07, 6.45) is 3.26. The van der Waals surface area contributed by atoms with Gasteiger partial charge in [0.25, 0.3) is 5.56 Å². The number of hydrogen-bond acceptors (Lipinski definition) is 4. The van der Waals surface area contributed by atoms with Gasteiger partial charge in [-0.2, -0.15) is 5.10 Å². The molecule has 1 aromatic heterocycles. The normalized spacial score (nSPS) is 15.8. The maximum absolute atomic E-state index is 13.2. The maximum Gasteiger partial charge on any atom is 0.274 e. The van der Waals surface area contributed by atoms with Gasteiger partial charge in [0.2, 0.25) is 0 Å². The lowest BCUT2D eigenvalue weighted by Crippen LogP contribution is -2.39. The van der Waals surface area contributed by atoms with Crippen LogP contribution in [0.2, 0.25) is 5.02 Å². The molecular formula is C23H26ClN3O2. The lowest BCUT2D eigenvalue weighted by molar-refractivity contribution is 0.162. The van der Waals surface area contributed by atoms with Gasteiger partial charge in [0.15, 0.2) is 0 Å². The molecule has 2 heterocycles. The summed E-state index contributed by atoms with van der Waals surface area (Å²) in [5.74, 6) is 0. The van der Waals surface area contributed by atoms with Gasteiger partial charge in [-0.15, -0.1) is 0 Å². The highest BCUT2D eigenvalue weighted by Gasteiger charge is 2.23. The fourth-order valence-electron chi connectivity index (χ4n) is 4.13. The number of aromatic nitrogens is 2. The number of hydrogen-bond donors (Lipinski definition) is 1. The molecule has 1 saturated heterocycles. The van der Waals surface area contributed by atoms with Gasteiger partial charge in [0, 0.05) is 43.1 Å². The lowest BCUT2D eigenvalue weighted by Gasteiger charge is -2.32. The van der Waals surface area contributed by atoms with Crippen LogP contribution in [0.1, 0.15) is 36.6 Å². The highest BCUT2D eigenvalue weighted by Crippen LogP contribution is 2.24. The summed E-state index contributed by atoms with van der Waals surface area (Å²) in [6, 6.07) is 15.7. The van der Waals surface area contributed by atoms with Crippen molar-refractivity contribution in [2.45, 2.75) is 31.7 Å². The van der Waals surface area contributed by atoms with E-state index in [-0.39, 0.29) is 18.2 Å².